The molecule has 0 saturated carbocycles. The molecule has 1 fully saturated rings. The number of morpholine rings is 1. The lowest BCUT2D eigenvalue weighted by Gasteiger charge is -2.31. The van der Waals surface area contributed by atoms with Crippen LogP contribution in [-0.4, -0.2) is 102 Å². The lowest BCUT2D eigenvalue weighted by atomic mass is 10.1. The average Bonchev–Trinajstić information content (AvgIpc) is 3.54. The summed E-state index contributed by atoms with van der Waals surface area (Å²) in [6.45, 7) is 3.48. The Morgan fingerprint density at radius 2 is 1.67 bits per heavy atom. The number of benzene rings is 2. The first-order valence-corrected chi connectivity index (χ1v) is 15.2. The van der Waals surface area contributed by atoms with Crippen LogP contribution in [0.1, 0.15) is 11.3 Å². The first-order valence-electron chi connectivity index (χ1n) is 13.8. The van der Waals surface area contributed by atoms with Gasteiger partial charge in [-0.05, 0) is 60.5 Å². The highest BCUT2D eigenvalue weighted by atomic mass is 32.2. The minimum Gasteiger partial charge on any atom is -0.497 e. The van der Waals surface area contributed by atoms with Crippen LogP contribution in [0.3, 0.4) is 0 Å². The van der Waals surface area contributed by atoms with Gasteiger partial charge in [-0.25, -0.2) is 8.42 Å². The molecule has 0 bridgehead atoms. The highest BCUT2D eigenvalue weighted by molar-refractivity contribution is 7.89. The van der Waals surface area contributed by atoms with E-state index >= 15 is 0 Å². The Hall–Kier alpha value is -3.58. The van der Waals surface area contributed by atoms with Crippen LogP contribution in [-0.2, 0) is 32.5 Å². The molecule has 228 valence electrons. The van der Waals surface area contributed by atoms with Crippen LogP contribution in [0.5, 0.6) is 17.2 Å². The van der Waals surface area contributed by atoms with Gasteiger partial charge in [-0.1, -0.05) is 6.07 Å². The maximum absolute atomic E-state index is 13.8. The lowest BCUT2D eigenvalue weighted by Crippen LogP contribution is -2.47. The number of ether oxygens (including phenoxy) is 4. The van der Waals surface area contributed by atoms with E-state index in [1.165, 1.54) is 23.5 Å². The quantitative estimate of drug-likeness (QED) is 0.260. The molecule has 1 amide bonds. The summed E-state index contributed by atoms with van der Waals surface area (Å²) in [5, 5.41) is 0. The Morgan fingerprint density at radius 3 is 2.31 bits per heavy atom. The van der Waals surface area contributed by atoms with Gasteiger partial charge in [0.2, 0.25) is 15.9 Å². The molecule has 0 spiro atoms. The molecule has 2 heterocycles. The van der Waals surface area contributed by atoms with Crippen molar-refractivity contribution >= 4 is 15.9 Å². The summed E-state index contributed by atoms with van der Waals surface area (Å²) in [4.78, 5) is 17.7. The lowest BCUT2D eigenvalue weighted by molar-refractivity contribution is -0.132. The first-order chi connectivity index (χ1) is 20.3. The molecule has 0 aliphatic carbocycles. The fraction of sp³-hybridized carbons (Fsp3) is 0.433. The number of hydrogen-bond acceptors (Lipinski definition) is 9. The van der Waals surface area contributed by atoms with E-state index < -0.39 is 10.0 Å². The zero-order chi connectivity index (χ0) is 30.0. The number of methoxy groups -OCH3 is 3. The molecule has 0 N–H and O–H groups in total. The summed E-state index contributed by atoms with van der Waals surface area (Å²) in [5.74, 6) is 2.03. The second kappa shape index (κ2) is 15.1. The van der Waals surface area contributed by atoms with Gasteiger partial charge < -0.3 is 28.3 Å². The van der Waals surface area contributed by atoms with Crippen LogP contribution >= 0.6 is 0 Å². The molecule has 3 aromatic rings. The van der Waals surface area contributed by atoms with Crippen molar-refractivity contribution in [3.8, 4) is 17.2 Å². The zero-order valence-corrected chi connectivity index (χ0v) is 25.2. The van der Waals surface area contributed by atoms with Crippen molar-refractivity contribution in [1.29, 1.82) is 0 Å². The molecule has 4 rings (SSSR count). The molecule has 0 atom stereocenters. The number of furan rings is 1. The molecule has 1 aliphatic heterocycles. The van der Waals surface area contributed by atoms with Gasteiger partial charge in [0.1, 0.15) is 11.5 Å². The smallest absolute Gasteiger partial charge is 0.243 e. The van der Waals surface area contributed by atoms with Crippen LogP contribution < -0.4 is 14.2 Å². The normalized spacial score (nSPS) is 14.1. The van der Waals surface area contributed by atoms with Crippen LogP contribution in [0.4, 0.5) is 0 Å². The maximum atomic E-state index is 13.8. The van der Waals surface area contributed by atoms with Crippen LogP contribution in [0, 0.1) is 0 Å². The average molecular weight is 602 g/mol. The van der Waals surface area contributed by atoms with Crippen molar-refractivity contribution in [1.82, 2.24) is 14.1 Å². The van der Waals surface area contributed by atoms with E-state index in [1.54, 1.807) is 49.6 Å². The number of rotatable bonds is 15. The van der Waals surface area contributed by atoms with Crippen LogP contribution in [0.2, 0.25) is 0 Å². The van der Waals surface area contributed by atoms with Gasteiger partial charge in [0, 0.05) is 32.7 Å². The van der Waals surface area contributed by atoms with E-state index in [9.17, 15) is 13.2 Å². The maximum Gasteiger partial charge on any atom is 0.243 e. The molecule has 42 heavy (non-hydrogen) atoms. The zero-order valence-electron chi connectivity index (χ0n) is 24.4. The van der Waals surface area contributed by atoms with Crippen LogP contribution in [0.15, 0.2) is 70.2 Å². The molecule has 2 aromatic carbocycles. The summed E-state index contributed by atoms with van der Waals surface area (Å²) in [5.41, 5.74) is 0.944. The molecule has 1 aromatic heterocycles. The van der Waals surface area contributed by atoms with E-state index in [4.69, 9.17) is 23.4 Å². The Morgan fingerprint density at radius 1 is 0.929 bits per heavy atom. The van der Waals surface area contributed by atoms with Crippen molar-refractivity contribution in [3.63, 3.8) is 0 Å². The standard InChI is InChI=1S/C30H39N3O8S/c1-37-25-7-9-27(10-8-25)42(35,36)33(15-14-31-16-19-40-20-17-31)23-30(34)32(22-26-5-4-18-41-26)13-12-24-6-11-28(38-2)29(21-24)39-3/h4-11,18,21H,12-17,19-20,22-23H2,1-3H3. The number of nitrogens with zero attached hydrogens (tertiary/aromatic N) is 3. The largest absolute Gasteiger partial charge is 0.497 e. The van der Waals surface area contributed by atoms with Crippen LogP contribution in [0.25, 0.3) is 0 Å². The van der Waals surface area contributed by atoms with Gasteiger partial charge in [0.25, 0.3) is 0 Å². The molecule has 12 heteroatoms. The van der Waals surface area contributed by atoms with Gasteiger partial charge >= 0.3 is 0 Å². The van der Waals surface area contributed by atoms with Gasteiger partial charge in [-0.2, -0.15) is 4.31 Å². The fourth-order valence-electron chi connectivity index (χ4n) is 4.69. The molecular weight excluding hydrogens is 562 g/mol. The number of amides is 1. The van der Waals surface area contributed by atoms with Gasteiger partial charge in [-0.15, -0.1) is 0 Å². The molecule has 11 nitrogen and oxygen atoms in total. The Kier molecular flexibility index (Phi) is 11.2. The van der Waals surface area contributed by atoms with Gasteiger partial charge in [-0.3, -0.25) is 9.69 Å². The third kappa shape index (κ3) is 8.25. The molecule has 1 saturated heterocycles. The van der Waals surface area contributed by atoms with Crippen molar-refractivity contribution in [2.24, 2.45) is 0 Å². The molecule has 0 radical (unpaired) electrons. The SMILES string of the molecule is COc1ccc(S(=O)(=O)N(CCN2CCOCC2)CC(=O)N(CCc2ccc(OC)c(OC)c2)Cc2ccco2)cc1. The predicted octanol–water partition coefficient (Wildman–Crippen LogP) is 2.90. The molecular formula is C30H39N3O8S. The summed E-state index contributed by atoms with van der Waals surface area (Å²) >= 11 is 0. The Labute approximate surface area is 247 Å². The van der Waals surface area contributed by atoms with Crippen molar-refractivity contribution < 1.29 is 36.6 Å². The molecule has 0 unspecified atom stereocenters. The molecule has 1 aliphatic rings. The van der Waals surface area contributed by atoms with Gasteiger partial charge in [0.15, 0.2) is 11.5 Å². The number of sulfonamides is 1. The summed E-state index contributed by atoms with van der Waals surface area (Å²) in [6, 6.07) is 15.4. The van der Waals surface area contributed by atoms with E-state index in [1.807, 2.05) is 18.2 Å². The number of carbonyl (C=O) groups excluding carboxylic acids is 1. The van der Waals surface area contributed by atoms with Crippen molar-refractivity contribution in [2.45, 2.75) is 17.9 Å². The van der Waals surface area contributed by atoms with E-state index in [-0.39, 0.29) is 30.4 Å². The summed E-state index contributed by atoms with van der Waals surface area (Å²) in [6.07, 6.45) is 2.07. The van der Waals surface area contributed by atoms with E-state index in [0.717, 1.165) is 5.56 Å². The highest BCUT2D eigenvalue weighted by Crippen LogP contribution is 2.28. The first kappa shape index (κ1) is 31.4. The van der Waals surface area contributed by atoms with E-state index in [0.29, 0.717) is 68.8 Å². The van der Waals surface area contributed by atoms with Crippen molar-refractivity contribution in [3.05, 3.63) is 72.2 Å². The summed E-state index contributed by atoms with van der Waals surface area (Å²) in [7, 11) is 0.686. The second-order valence-corrected chi connectivity index (χ2v) is 11.7. The monoisotopic (exact) mass is 601 g/mol. The number of hydrogen-bond donors (Lipinski definition) is 0. The fourth-order valence-corrected chi connectivity index (χ4v) is 6.07. The van der Waals surface area contributed by atoms with Crippen molar-refractivity contribution in [2.75, 3.05) is 73.8 Å². The topological polar surface area (TPSA) is 111 Å². The van der Waals surface area contributed by atoms with E-state index in [2.05, 4.69) is 4.90 Å². The number of carbonyl (C=O) groups is 1. The second-order valence-electron chi connectivity index (χ2n) is 9.80. The summed E-state index contributed by atoms with van der Waals surface area (Å²) < 4.78 is 55.8. The third-order valence-corrected chi connectivity index (χ3v) is 9.04. The Balaban J connectivity index is 1.55. The minimum absolute atomic E-state index is 0.0981. The predicted molar refractivity (Wildman–Crippen MR) is 156 cm³/mol. The van der Waals surface area contributed by atoms with Gasteiger partial charge in [0.05, 0.1) is 58.8 Å². The highest BCUT2D eigenvalue weighted by Gasteiger charge is 2.29. The Bertz CT molecular complexity index is 1370. The minimum atomic E-state index is -3.98. The third-order valence-electron chi connectivity index (χ3n) is 7.18.